The minimum Gasteiger partial charge on any atom is -0.394 e. The van der Waals surface area contributed by atoms with E-state index >= 15 is 0 Å². The molecule has 2 aromatic heterocycles. The van der Waals surface area contributed by atoms with Crippen LogP contribution in [0.4, 0.5) is 5.82 Å². The fraction of sp³-hybridized carbons (Fsp3) is 0.538. The molecule has 9 nitrogen and oxygen atoms in total. The van der Waals surface area contributed by atoms with Gasteiger partial charge in [-0.15, -0.1) is 0 Å². The summed E-state index contributed by atoms with van der Waals surface area (Å²) >= 11 is 0. The summed E-state index contributed by atoms with van der Waals surface area (Å²) in [6.07, 6.45) is 3.30. The molecule has 0 amide bonds. The van der Waals surface area contributed by atoms with E-state index in [1.165, 1.54) is 6.33 Å². The third-order valence-corrected chi connectivity index (χ3v) is 3.44. The lowest BCUT2D eigenvalue weighted by atomic mass is 10.2. The second kappa shape index (κ2) is 5.95. The molecule has 0 unspecified atom stereocenters. The van der Waals surface area contributed by atoms with Gasteiger partial charge in [-0.1, -0.05) is 0 Å². The maximum atomic E-state index is 9.85. The molecule has 0 radical (unpaired) electrons. The van der Waals surface area contributed by atoms with Crippen molar-refractivity contribution in [1.82, 2.24) is 24.4 Å². The van der Waals surface area contributed by atoms with E-state index in [0.29, 0.717) is 23.4 Å². The minimum absolute atomic E-state index is 0.225. The quantitative estimate of drug-likeness (QED) is 0.589. The molecular weight excluding hydrogens is 288 g/mol. The van der Waals surface area contributed by atoms with Crippen LogP contribution < -0.4 is 0 Å². The van der Waals surface area contributed by atoms with Gasteiger partial charge in [-0.2, -0.15) is 0 Å². The van der Waals surface area contributed by atoms with Crippen molar-refractivity contribution in [3.8, 4) is 0 Å². The Morgan fingerprint density at radius 3 is 2.95 bits per heavy atom. The first-order chi connectivity index (χ1) is 10.6. The van der Waals surface area contributed by atoms with Crippen molar-refractivity contribution in [3.63, 3.8) is 0 Å². The van der Waals surface area contributed by atoms with Gasteiger partial charge in [0.25, 0.3) is 0 Å². The second-order valence-corrected chi connectivity index (χ2v) is 5.34. The number of hydrogen-bond acceptors (Lipinski definition) is 7. The highest BCUT2D eigenvalue weighted by Gasteiger charge is 2.35. The molecule has 0 aliphatic carbocycles. The molecule has 0 bridgehead atoms. The Bertz CT molecular complexity index is 685. The van der Waals surface area contributed by atoms with Gasteiger partial charge in [-0.25, -0.2) is 19.9 Å². The van der Waals surface area contributed by atoms with E-state index in [2.05, 4.69) is 19.9 Å². The Morgan fingerprint density at radius 2 is 2.27 bits per heavy atom. The Kier molecular flexibility index (Phi) is 4.01. The first kappa shape index (κ1) is 14.8. The SMILES string of the molecule is CN(C)C=Nc1ncnc2c1ncn2[C@@H]1C[C@H](O)[C@H](CO)O1. The van der Waals surface area contributed by atoms with Gasteiger partial charge < -0.3 is 19.8 Å². The fourth-order valence-electron chi connectivity index (χ4n) is 2.37. The monoisotopic (exact) mass is 306 g/mol. The number of aromatic nitrogens is 4. The lowest BCUT2D eigenvalue weighted by Gasteiger charge is -2.13. The predicted molar refractivity (Wildman–Crippen MR) is 78.8 cm³/mol. The zero-order valence-electron chi connectivity index (χ0n) is 12.4. The number of aliphatic imine (C=N–C) groups is 1. The minimum atomic E-state index is -0.708. The molecule has 3 heterocycles. The largest absolute Gasteiger partial charge is 0.394 e. The number of rotatable bonds is 4. The molecule has 2 aromatic rings. The topological polar surface area (TPSA) is 109 Å². The van der Waals surface area contributed by atoms with Crippen LogP contribution in [0.1, 0.15) is 12.6 Å². The van der Waals surface area contributed by atoms with Gasteiger partial charge >= 0.3 is 0 Å². The van der Waals surface area contributed by atoms with Gasteiger partial charge in [0.1, 0.15) is 18.7 Å². The van der Waals surface area contributed by atoms with Gasteiger partial charge in [0.15, 0.2) is 17.0 Å². The van der Waals surface area contributed by atoms with Crippen LogP contribution in [0.3, 0.4) is 0 Å². The van der Waals surface area contributed by atoms with Crippen LogP contribution in [0.15, 0.2) is 17.6 Å². The van der Waals surface area contributed by atoms with Crippen molar-refractivity contribution in [1.29, 1.82) is 0 Å². The van der Waals surface area contributed by atoms with E-state index in [1.807, 2.05) is 14.1 Å². The highest BCUT2D eigenvalue weighted by Crippen LogP contribution is 2.31. The Hall–Kier alpha value is -2.10. The second-order valence-electron chi connectivity index (χ2n) is 5.34. The number of nitrogens with zero attached hydrogens (tertiary/aromatic N) is 6. The first-order valence-corrected chi connectivity index (χ1v) is 6.92. The summed E-state index contributed by atoms with van der Waals surface area (Å²) in [6, 6.07) is 0. The van der Waals surface area contributed by atoms with Crippen molar-refractivity contribution < 1.29 is 14.9 Å². The maximum absolute atomic E-state index is 9.85. The molecule has 0 saturated carbocycles. The number of aliphatic hydroxyl groups excluding tert-OH is 2. The van der Waals surface area contributed by atoms with Gasteiger partial charge in [-0.3, -0.25) is 4.57 Å². The number of imidazole rings is 1. The molecule has 118 valence electrons. The van der Waals surface area contributed by atoms with Gasteiger partial charge in [0.2, 0.25) is 0 Å². The Balaban J connectivity index is 1.95. The Labute approximate surface area is 126 Å². The molecule has 2 N–H and O–H groups in total. The average Bonchev–Trinajstić information content (AvgIpc) is 3.08. The maximum Gasteiger partial charge on any atom is 0.184 e. The zero-order valence-corrected chi connectivity index (χ0v) is 12.4. The predicted octanol–water partition coefficient (Wildman–Crippen LogP) is -0.312. The molecule has 3 rings (SSSR count). The standard InChI is InChI=1S/C13H18N6O3/c1-18(2)6-17-12-11-13(15-5-14-12)19(7-16-11)10-3-8(21)9(4-20)22-10/h5-10,20-21H,3-4H2,1-2H3/t8-,9-,10-/m0/s1. The van der Waals surface area contributed by atoms with Crippen LogP contribution in [0.25, 0.3) is 11.2 Å². The van der Waals surface area contributed by atoms with Crippen molar-refractivity contribution in [2.24, 2.45) is 4.99 Å². The van der Waals surface area contributed by atoms with E-state index < -0.39 is 18.4 Å². The molecular formula is C13H18N6O3. The van der Waals surface area contributed by atoms with E-state index in [9.17, 15) is 10.2 Å². The van der Waals surface area contributed by atoms with Crippen LogP contribution in [0, 0.1) is 0 Å². The summed E-state index contributed by atoms with van der Waals surface area (Å²) < 4.78 is 7.36. The van der Waals surface area contributed by atoms with Crippen LogP contribution >= 0.6 is 0 Å². The molecule has 0 aromatic carbocycles. The normalized spacial score (nSPS) is 25.4. The molecule has 9 heteroatoms. The molecule has 1 saturated heterocycles. The highest BCUT2D eigenvalue weighted by molar-refractivity contribution is 5.82. The third kappa shape index (κ3) is 2.65. The zero-order chi connectivity index (χ0) is 15.7. The summed E-state index contributed by atoms with van der Waals surface area (Å²) in [5.74, 6) is 0.467. The van der Waals surface area contributed by atoms with Crippen LogP contribution in [0.2, 0.25) is 0 Å². The molecule has 3 atom stereocenters. The van der Waals surface area contributed by atoms with Gasteiger partial charge in [0.05, 0.1) is 25.4 Å². The van der Waals surface area contributed by atoms with E-state index in [-0.39, 0.29) is 6.61 Å². The number of aliphatic hydroxyl groups is 2. The van der Waals surface area contributed by atoms with Crippen molar-refractivity contribution >= 4 is 23.3 Å². The first-order valence-electron chi connectivity index (χ1n) is 6.92. The van der Waals surface area contributed by atoms with Gasteiger partial charge in [0, 0.05) is 20.5 Å². The fourth-order valence-corrected chi connectivity index (χ4v) is 2.37. The Morgan fingerprint density at radius 1 is 1.45 bits per heavy atom. The van der Waals surface area contributed by atoms with Crippen molar-refractivity contribution in [3.05, 3.63) is 12.7 Å². The van der Waals surface area contributed by atoms with Crippen LogP contribution in [-0.4, -0.2) is 73.9 Å². The van der Waals surface area contributed by atoms with Crippen LogP contribution in [-0.2, 0) is 4.74 Å². The molecule has 22 heavy (non-hydrogen) atoms. The van der Waals surface area contributed by atoms with Gasteiger partial charge in [-0.05, 0) is 0 Å². The van der Waals surface area contributed by atoms with Crippen LogP contribution in [0.5, 0.6) is 0 Å². The van der Waals surface area contributed by atoms with E-state index in [0.717, 1.165) is 0 Å². The van der Waals surface area contributed by atoms with E-state index in [4.69, 9.17) is 4.74 Å². The number of hydrogen-bond donors (Lipinski definition) is 2. The molecule has 1 aliphatic heterocycles. The molecule has 0 spiro atoms. The summed E-state index contributed by atoms with van der Waals surface area (Å²) in [4.78, 5) is 18.7. The van der Waals surface area contributed by atoms with E-state index in [1.54, 1.807) is 22.1 Å². The third-order valence-electron chi connectivity index (χ3n) is 3.44. The average molecular weight is 306 g/mol. The lowest BCUT2D eigenvalue weighted by Crippen LogP contribution is -2.24. The molecule has 1 aliphatic rings. The van der Waals surface area contributed by atoms with Crippen molar-refractivity contribution in [2.75, 3.05) is 20.7 Å². The summed E-state index contributed by atoms with van der Waals surface area (Å²) in [6.45, 7) is -0.225. The summed E-state index contributed by atoms with van der Waals surface area (Å²) in [7, 11) is 3.73. The molecule has 1 fully saturated rings. The number of ether oxygens (including phenoxy) is 1. The summed E-state index contributed by atoms with van der Waals surface area (Å²) in [5.41, 5.74) is 1.14. The number of fused-ring (bicyclic) bond motifs is 1. The smallest absolute Gasteiger partial charge is 0.184 e. The highest BCUT2D eigenvalue weighted by atomic mass is 16.5. The van der Waals surface area contributed by atoms with Crippen molar-refractivity contribution in [2.45, 2.75) is 24.9 Å². The summed E-state index contributed by atoms with van der Waals surface area (Å²) in [5, 5.41) is 19.0. The lowest BCUT2D eigenvalue weighted by molar-refractivity contribution is -0.0432.